The van der Waals surface area contributed by atoms with E-state index in [-0.39, 0.29) is 25.0 Å². The molecule has 0 unspecified atom stereocenters. The Hall–Kier alpha value is -2.82. The zero-order valence-electron chi connectivity index (χ0n) is 15.6. The summed E-state index contributed by atoms with van der Waals surface area (Å²) in [6, 6.07) is 15.5. The summed E-state index contributed by atoms with van der Waals surface area (Å²) in [7, 11) is 0. The molecule has 138 valence electrons. The predicted octanol–water partition coefficient (Wildman–Crippen LogP) is 2.85. The molecule has 0 aliphatic heterocycles. The first-order valence-corrected chi connectivity index (χ1v) is 8.78. The van der Waals surface area contributed by atoms with Crippen LogP contribution in [0.4, 0.5) is 0 Å². The molecule has 5 heteroatoms. The summed E-state index contributed by atoms with van der Waals surface area (Å²) in [5.74, 6) is 0.220. The predicted molar refractivity (Wildman–Crippen MR) is 102 cm³/mol. The van der Waals surface area contributed by atoms with Gasteiger partial charge in [0.2, 0.25) is 5.91 Å². The van der Waals surface area contributed by atoms with Gasteiger partial charge in [-0.25, -0.2) is 0 Å². The highest BCUT2D eigenvalue weighted by molar-refractivity contribution is 5.85. The van der Waals surface area contributed by atoms with Crippen molar-refractivity contribution in [2.75, 3.05) is 19.7 Å². The zero-order valence-corrected chi connectivity index (χ0v) is 15.6. The van der Waals surface area contributed by atoms with Crippen LogP contribution in [0.15, 0.2) is 48.5 Å². The second-order valence-corrected chi connectivity index (χ2v) is 6.20. The smallest absolute Gasteiger partial charge is 0.258 e. The zero-order chi connectivity index (χ0) is 18.9. The van der Waals surface area contributed by atoms with Gasteiger partial charge in [-0.3, -0.25) is 9.59 Å². The van der Waals surface area contributed by atoms with Gasteiger partial charge in [0, 0.05) is 13.1 Å². The van der Waals surface area contributed by atoms with Crippen LogP contribution in [-0.2, 0) is 16.1 Å². The molecule has 0 saturated carbocycles. The molecule has 0 aliphatic rings. The molecule has 0 fully saturated rings. The second-order valence-electron chi connectivity index (χ2n) is 6.20. The van der Waals surface area contributed by atoms with Crippen molar-refractivity contribution in [1.82, 2.24) is 10.2 Å². The second kappa shape index (κ2) is 9.61. The molecule has 0 radical (unpaired) electrons. The number of carbonyl (C=O) groups excluding carboxylic acids is 2. The fourth-order valence-corrected chi connectivity index (χ4v) is 2.47. The number of nitrogens with zero attached hydrogens (tertiary/aromatic N) is 1. The average Bonchev–Trinajstić information content (AvgIpc) is 2.66. The monoisotopic (exact) mass is 354 g/mol. The lowest BCUT2D eigenvalue weighted by molar-refractivity contribution is -0.133. The van der Waals surface area contributed by atoms with Crippen molar-refractivity contribution in [3.63, 3.8) is 0 Å². The van der Waals surface area contributed by atoms with Crippen LogP contribution in [0.5, 0.6) is 5.75 Å². The highest BCUT2D eigenvalue weighted by atomic mass is 16.5. The SMILES string of the molecule is CCN(Cc1ccccc1)C(=O)CNC(=O)COc1ccc(C)c(C)c1. The van der Waals surface area contributed by atoms with Crippen LogP contribution in [0.25, 0.3) is 0 Å². The van der Waals surface area contributed by atoms with Crippen LogP contribution in [-0.4, -0.2) is 36.4 Å². The highest BCUT2D eigenvalue weighted by Gasteiger charge is 2.13. The van der Waals surface area contributed by atoms with Crippen LogP contribution in [0.3, 0.4) is 0 Å². The molecule has 0 spiro atoms. The minimum Gasteiger partial charge on any atom is -0.484 e. The summed E-state index contributed by atoms with van der Waals surface area (Å²) in [4.78, 5) is 26.0. The lowest BCUT2D eigenvalue weighted by atomic mass is 10.1. The van der Waals surface area contributed by atoms with Crippen LogP contribution in [0.2, 0.25) is 0 Å². The third-order valence-electron chi connectivity index (χ3n) is 4.24. The Morgan fingerprint density at radius 2 is 1.77 bits per heavy atom. The maximum Gasteiger partial charge on any atom is 0.258 e. The van der Waals surface area contributed by atoms with E-state index in [2.05, 4.69) is 5.32 Å². The summed E-state index contributed by atoms with van der Waals surface area (Å²) in [5.41, 5.74) is 3.34. The Bertz CT molecular complexity index is 744. The summed E-state index contributed by atoms with van der Waals surface area (Å²) >= 11 is 0. The van der Waals surface area contributed by atoms with Crippen LogP contribution < -0.4 is 10.1 Å². The topological polar surface area (TPSA) is 58.6 Å². The average molecular weight is 354 g/mol. The minimum atomic E-state index is -0.313. The van der Waals surface area contributed by atoms with Gasteiger partial charge in [0.05, 0.1) is 6.54 Å². The Kier molecular flexibility index (Phi) is 7.21. The molecule has 2 amide bonds. The number of aryl methyl sites for hydroxylation is 2. The van der Waals surface area contributed by atoms with Crippen molar-refractivity contribution in [1.29, 1.82) is 0 Å². The van der Waals surface area contributed by atoms with Gasteiger partial charge in [-0.05, 0) is 49.6 Å². The van der Waals surface area contributed by atoms with Crippen LogP contribution >= 0.6 is 0 Å². The number of hydrogen-bond acceptors (Lipinski definition) is 3. The third kappa shape index (κ3) is 5.92. The summed E-state index contributed by atoms with van der Waals surface area (Å²) < 4.78 is 5.48. The first kappa shape index (κ1) is 19.5. The standard InChI is InChI=1S/C21H26N2O3/c1-4-23(14-18-8-6-5-7-9-18)21(25)13-22-20(24)15-26-19-11-10-16(2)17(3)12-19/h5-12H,4,13-15H2,1-3H3,(H,22,24). The van der Waals surface area contributed by atoms with Crippen molar-refractivity contribution in [3.8, 4) is 5.75 Å². The summed E-state index contributed by atoms with van der Waals surface area (Å²) in [6.07, 6.45) is 0. The van der Waals surface area contributed by atoms with E-state index in [4.69, 9.17) is 4.74 Å². The molecule has 0 atom stereocenters. The first-order chi connectivity index (χ1) is 12.5. The summed E-state index contributed by atoms with van der Waals surface area (Å²) in [5, 5.41) is 2.62. The molecule has 0 heterocycles. The van der Waals surface area contributed by atoms with Gasteiger partial charge in [-0.15, -0.1) is 0 Å². The van der Waals surface area contributed by atoms with E-state index < -0.39 is 0 Å². The molecule has 2 rings (SSSR count). The molecule has 2 aromatic carbocycles. The van der Waals surface area contributed by atoms with Gasteiger partial charge in [-0.2, -0.15) is 0 Å². The number of carbonyl (C=O) groups is 2. The number of amides is 2. The molecule has 5 nitrogen and oxygen atoms in total. The minimum absolute atomic E-state index is 0.0320. The Morgan fingerprint density at radius 3 is 2.42 bits per heavy atom. The summed E-state index contributed by atoms with van der Waals surface area (Å²) in [6.45, 7) is 6.91. The van der Waals surface area contributed by atoms with E-state index in [1.807, 2.05) is 69.3 Å². The van der Waals surface area contributed by atoms with Crippen molar-refractivity contribution in [2.45, 2.75) is 27.3 Å². The normalized spacial score (nSPS) is 10.3. The number of ether oxygens (including phenoxy) is 1. The van der Waals surface area contributed by atoms with E-state index in [1.165, 1.54) is 5.56 Å². The first-order valence-electron chi connectivity index (χ1n) is 8.78. The Morgan fingerprint density at radius 1 is 1.04 bits per heavy atom. The molecule has 0 aliphatic carbocycles. The van der Waals surface area contributed by atoms with Gasteiger partial charge in [0.15, 0.2) is 6.61 Å². The van der Waals surface area contributed by atoms with E-state index in [0.717, 1.165) is 11.1 Å². The van der Waals surface area contributed by atoms with Crippen molar-refractivity contribution in [3.05, 3.63) is 65.2 Å². The van der Waals surface area contributed by atoms with Gasteiger partial charge in [0.1, 0.15) is 5.75 Å². The largest absolute Gasteiger partial charge is 0.484 e. The van der Waals surface area contributed by atoms with Crippen LogP contribution in [0.1, 0.15) is 23.6 Å². The van der Waals surface area contributed by atoms with Crippen molar-refractivity contribution in [2.24, 2.45) is 0 Å². The number of benzene rings is 2. The number of rotatable bonds is 8. The van der Waals surface area contributed by atoms with E-state index in [1.54, 1.807) is 4.90 Å². The molecule has 1 N–H and O–H groups in total. The van der Waals surface area contributed by atoms with Crippen molar-refractivity contribution < 1.29 is 14.3 Å². The molecule has 0 saturated heterocycles. The fourth-order valence-electron chi connectivity index (χ4n) is 2.47. The quantitative estimate of drug-likeness (QED) is 0.793. The molecule has 0 bridgehead atoms. The van der Waals surface area contributed by atoms with Crippen molar-refractivity contribution >= 4 is 11.8 Å². The van der Waals surface area contributed by atoms with Gasteiger partial charge in [-0.1, -0.05) is 36.4 Å². The highest BCUT2D eigenvalue weighted by Crippen LogP contribution is 2.16. The number of hydrogen-bond donors (Lipinski definition) is 1. The lowest BCUT2D eigenvalue weighted by Gasteiger charge is -2.21. The third-order valence-corrected chi connectivity index (χ3v) is 4.24. The number of likely N-dealkylation sites (N-methyl/N-ethyl adjacent to an activating group) is 1. The van der Waals surface area contributed by atoms with Gasteiger partial charge < -0.3 is 15.0 Å². The van der Waals surface area contributed by atoms with Gasteiger partial charge >= 0.3 is 0 Å². The maximum absolute atomic E-state index is 12.3. The van der Waals surface area contributed by atoms with Crippen LogP contribution in [0, 0.1) is 13.8 Å². The number of nitrogens with one attached hydrogen (secondary N) is 1. The molecule has 2 aromatic rings. The maximum atomic E-state index is 12.3. The van der Waals surface area contributed by atoms with Gasteiger partial charge in [0.25, 0.3) is 5.91 Å². The molecular formula is C21H26N2O3. The Labute approximate surface area is 155 Å². The van der Waals surface area contributed by atoms with E-state index in [0.29, 0.717) is 18.8 Å². The molecule has 26 heavy (non-hydrogen) atoms. The lowest BCUT2D eigenvalue weighted by Crippen LogP contribution is -2.41. The fraction of sp³-hybridized carbons (Fsp3) is 0.333. The molecular weight excluding hydrogens is 328 g/mol. The molecule has 0 aromatic heterocycles. The Balaban J connectivity index is 1.77. The van der Waals surface area contributed by atoms with E-state index >= 15 is 0 Å². The van der Waals surface area contributed by atoms with E-state index in [9.17, 15) is 9.59 Å².